The third-order valence-electron chi connectivity index (χ3n) is 6.40. The van der Waals surface area contributed by atoms with E-state index in [-0.39, 0.29) is 18.2 Å². The monoisotopic (exact) mass is 526 g/mol. The molecule has 0 aliphatic carbocycles. The van der Waals surface area contributed by atoms with E-state index in [0.717, 1.165) is 50.9 Å². The number of benzene rings is 1. The van der Waals surface area contributed by atoms with Crippen molar-refractivity contribution in [3.05, 3.63) is 60.3 Å². The van der Waals surface area contributed by atoms with Gasteiger partial charge in [-0.25, -0.2) is 18.7 Å². The van der Waals surface area contributed by atoms with Gasteiger partial charge in [0.05, 0.1) is 12.2 Å². The van der Waals surface area contributed by atoms with Crippen molar-refractivity contribution in [3.63, 3.8) is 0 Å². The van der Waals surface area contributed by atoms with Crippen molar-refractivity contribution in [2.75, 3.05) is 31.1 Å². The van der Waals surface area contributed by atoms with E-state index in [0.29, 0.717) is 35.8 Å². The zero-order valence-corrected chi connectivity index (χ0v) is 21.6. The van der Waals surface area contributed by atoms with E-state index >= 15 is 0 Å². The zero-order valence-electron chi connectivity index (χ0n) is 21.6. The van der Waals surface area contributed by atoms with Gasteiger partial charge in [-0.05, 0) is 31.6 Å². The van der Waals surface area contributed by atoms with Crippen LogP contribution in [0.1, 0.15) is 61.7 Å². The molecular formula is C27H32F2N6O3. The van der Waals surface area contributed by atoms with Crippen molar-refractivity contribution < 1.29 is 22.8 Å². The van der Waals surface area contributed by atoms with E-state index in [9.17, 15) is 13.6 Å². The van der Waals surface area contributed by atoms with E-state index in [1.54, 1.807) is 12.4 Å². The molecule has 1 amide bonds. The summed E-state index contributed by atoms with van der Waals surface area (Å²) in [5, 5.41) is 6.37. The van der Waals surface area contributed by atoms with Crippen molar-refractivity contribution in [1.29, 1.82) is 0 Å². The van der Waals surface area contributed by atoms with Gasteiger partial charge in [-0.3, -0.25) is 4.79 Å². The summed E-state index contributed by atoms with van der Waals surface area (Å²) in [6, 6.07) is 2.08. The highest BCUT2D eigenvalue weighted by Crippen LogP contribution is 2.26. The number of nitrogens with one attached hydrogen (secondary N) is 1. The molecule has 1 aliphatic heterocycles. The number of hydrogen-bond acceptors (Lipinski definition) is 8. The maximum atomic E-state index is 14.3. The first-order chi connectivity index (χ1) is 18.4. The first-order valence-corrected chi connectivity index (χ1v) is 12.8. The SMILES string of the molecule is C=CCNC(=O)c1c(F)cc(OCCCC2CCN(c3ncc(-c4noc(C(C)C)n4)cn3)CC2)cc1F. The van der Waals surface area contributed by atoms with Gasteiger partial charge in [-0.15, -0.1) is 6.58 Å². The second kappa shape index (κ2) is 12.6. The van der Waals surface area contributed by atoms with Gasteiger partial charge in [-0.2, -0.15) is 4.98 Å². The maximum Gasteiger partial charge on any atom is 0.257 e. The minimum absolute atomic E-state index is 0.0666. The molecule has 0 bridgehead atoms. The summed E-state index contributed by atoms with van der Waals surface area (Å²) in [6.45, 7) is 9.58. The zero-order chi connectivity index (χ0) is 27.1. The third kappa shape index (κ3) is 6.70. The number of anilines is 1. The van der Waals surface area contributed by atoms with E-state index in [1.807, 2.05) is 13.8 Å². The van der Waals surface area contributed by atoms with Crippen LogP contribution in [0.4, 0.5) is 14.7 Å². The predicted molar refractivity (Wildman–Crippen MR) is 138 cm³/mol. The van der Waals surface area contributed by atoms with Crippen LogP contribution in [0, 0.1) is 17.6 Å². The molecule has 38 heavy (non-hydrogen) atoms. The molecule has 11 heteroatoms. The van der Waals surface area contributed by atoms with Crippen LogP contribution in [0.25, 0.3) is 11.4 Å². The number of nitrogens with zero attached hydrogens (tertiary/aromatic N) is 5. The maximum absolute atomic E-state index is 14.3. The van der Waals surface area contributed by atoms with Gasteiger partial charge in [0.1, 0.15) is 22.9 Å². The second-order valence-corrected chi connectivity index (χ2v) is 9.56. The topological polar surface area (TPSA) is 106 Å². The molecule has 3 aromatic rings. The fourth-order valence-corrected chi connectivity index (χ4v) is 4.27. The number of halogens is 2. The number of aromatic nitrogens is 4. The first-order valence-electron chi connectivity index (χ1n) is 12.8. The Morgan fingerprint density at radius 2 is 1.92 bits per heavy atom. The van der Waals surface area contributed by atoms with Crippen molar-refractivity contribution in [2.24, 2.45) is 5.92 Å². The molecule has 202 valence electrons. The van der Waals surface area contributed by atoms with E-state index in [2.05, 4.69) is 36.9 Å². The number of ether oxygens (including phenoxy) is 1. The Hall–Kier alpha value is -3.89. The lowest BCUT2D eigenvalue weighted by Gasteiger charge is -2.32. The molecule has 0 saturated carbocycles. The van der Waals surface area contributed by atoms with Crippen LogP contribution in [0.5, 0.6) is 5.75 Å². The molecule has 0 unspecified atom stereocenters. The highest BCUT2D eigenvalue weighted by Gasteiger charge is 2.22. The molecule has 4 rings (SSSR count). The average Bonchev–Trinajstić information content (AvgIpc) is 3.41. The summed E-state index contributed by atoms with van der Waals surface area (Å²) in [5.41, 5.74) is 0.0873. The van der Waals surface area contributed by atoms with Crippen LogP contribution in [0.2, 0.25) is 0 Å². The Bertz CT molecular complexity index is 1220. The molecule has 1 aliphatic rings. The molecule has 2 aromatic heterocycles. The number of amides is 1. The molecule has 1 saturated heterocycles. The highest BCUT2D eigenvalue weighted by atomic mass is 19.1. The Morgan fingerprint density at radius 1 is 1.24 bits per heavy atom. The minimum atomic E-state index is -0.957. The number of hydrogen-bond donors (Lipinski definition) is 1. The Balaban J connectivity index is 1.20. The highest BCUT2D eigenvalue weighted by molar-refractivity contribution is 5.95. The molecule has 9 nitrogen and oxygen atoms in total. The smallest absolute Gasteiger partial charge is 0.257 e. The van der Waals surface area contributed by atoms with Gasteiger partial charge in [0.2, 0.25) is 17.7 Å². The summed E-state index contributed by atoms with van der Waals surface area (Å²) < 4.78 is 39.3. The standard InChI is InChI=1S/C27H32F2N6O3/c1-4-9-30-25(36)23-21(28)13-20(14-22(23)29)37-12-5-6-18-7-10-35(11-8-18)27-31-15-19(16-32-27)24-33-26(17(2)3)38-34-24/h4,13-18H,1,5-12H2,2-3H3,(H,30,36). The first kappa shape index (κ1) is 27.2. The summed E-state index contributed by atoms with van der Waals surface area (Å²) in [7, 11) is 0. The number of piperidine rings is 1. The molecule has 1 N–H and O–H groups in total. The van der Waals surface area contributed by atoms with Crippen molar-refractivity contribution in [2.45, 2.75) is 45.4 Å². The molecule has 1 fully saturated rings. The van der Waals surface area contributed by atoms with Crippen LogP contribution in [0.15, 0.2) is 41.7 Å². The lowest BCUT2D eigenvalue weighted by molar-refractivity contribution is 0.0949. The number of carbonyl (C=O) groups is 1. The van der Waals surface area contributed by atoms with Crippen molar-refractivity contribution in [3.8, 4) is 17.1 Å². The van der Waals surface area contributed by atoms with Crippen LogP contribution in [0.3, 0.4) is 0 Å². The predicted octanol–water partition coefficient (Wildman–Crippen LogP) is 4.92. The molecule has 0 atom stereocenters. The quantitative estimate of drug-likeness (QED) is 0.277. The lowest BCUT2D eigenvalue weighted by Crippen LogP contribution is -2.34. The fourth-order valence-electron chi connectivity index (χ4n) is 4.27. The Kier molecular flexibility index (Phi) is 8.98. The molecular weight excluding hydrogens is 494 g/mol. The number of rotatable bonds is 11. The van der Waals surface area contributed by atoms with Gasteiger partial charge >= 0.3 is 0 Å². The fraction of sp³-hybridized carbons (Fsp3) is 0.444. The van der Waals surface area contributed by atoms with Gasteiger partial charge < -0.3 is 19.5 Å². The normalized spacial score (nSPS) is 14.1. The Labute approximate surface area is 220 Å². The van der Waals surface area contributed by atoms with E-state index in [1.165, 1.54) is 6.08 Å². The van der Waals surface area contributed by atoms with E-state index in [4.69, 9.17) is 9.26 Å². The van der Waals surface area contributed by atoms with Gasteiger partial charge in [0.25, 0.3) is 5.91 Å². The van der Waals surface area contributed by atoms with Gasteiger partial charge in [-0.1, -0.05) is 25.1 Å². The van der Waals surface area contributed by atoms with Crippen molar-refractivity contribution >= 4 is 11.9 Å². The summed E-state index contributed by atoms with van der Waals surface area (Å²) >= 11 is 0. The van der Waals surface area contributed by atoms with E-state index < -0.39 is 23.1 Å². The summed E-state index contributed by atoms with van der Waals surface area (Å²) in [6.07, 6.45) is 8.54. The molecule has 3 heterocycles. The largest absolute Gasteiger partial charge is 0.493 e. The minimum Gasteiger partial charge on any atom is -0.493 e. The summed E-state index contributed by atoms with van der Waals surface area (Å²) in [4.78, 5) is 27.4. The molecule has 0 radical (unpaired) electrons. The van der Waals surface area contributed by atoms with Crippen LogP contribution < -0.4 is 15.0 Å². The van der Waals surface area contributed by atoms with Crippen molar-refractivity contribution in [1.82, 2.24) is 25.4 Å². The average molecular weight is 527 g/mol. The Morgan fingerprint density at radius 3 is 2.53 bits per heavy atom. The van der Waals surface area contributed by atoms with Crippen LogP contribution in [-0.2, 0) is 0 Å². The summed E-state index contributed by atoms with van der Waals surface area (Å²) in [5.74, 6) is -0.258. The molecule has 1 aromatic carbocycles. The lowest BCUT2D eigenvalue weighted by atomic mass is 9.92. The third-order valence-corrected chi connectivity index (χ3v) is 6.40. The molecule has 0 spiro atoms. The van der Waals surface area contributed by atoms with Crippen LogP contribution >= 0.6 is 0 Å². The van der Waals surface area contributed by atoms with Gasteiger partial charge in [0, 0.05) is 50.1 Å². The number of carbonyl (C=O) groups excluding carboxylic acids is 1. The van der Waals surface area contributed by atoms with Gasteiger partial charge in [0.15, 0.2) is 0 Å². The second-order valence-electron chi connectivity index (χ2n) is 9.56. The van der Waals surface area contributed by atoms with Crippen LogP contribution in [-0.4, -0.2) is 52.3 Å².